The van der Waals surface area contributed by atoms with Gasteiger partial charge in [0, 0.05) is 17.8 Å². The molecule has 19 heavy (non-hydrogen) atoms. The van der Waals surface area contributed by atoms with Gasteiger partial charge in [0.25, 0.3) is 0 Å². The minimum Gasteiger partial charge on any atom is -0.120 e. The highest BCUT2D eigenvalue weighted by atomic mass is 14.4. The minimum atomic E-state index is 0.0291. The summed E-state index contributed by atoms with van der Waals surface area (Å²) in [7, 11) is 0. The summed E-state index contributed by atoms with van der Waals surface area (Å²) >= 11 is 0. The molecule has 94 valence electrons. The number of terminal acetylenes is 1. The highest BCUT2D eigenvalue weighted by molar-refractivity contribution is 5.64. The van der Waals surface area contributed by atoms with Crippen LogP contribution in [0.5, 0.6) is 0 Å². The van der Waals surface area contributed by atoms with Gasteiger partial charge < -0.3 is 0 Å². The van der Waals surface area contributed by atoms with Crippen molar-refractivity contribution in [3.63, 3.8) is 0 Å². The monoisotopic (exact) mass is 246 g/mol. The lowest BCUT2D eigenvalue weighted by molar-refractivity contribution is 0.362. The molecule has 0 heterocycles. The molecule has 0 heteroatoms. The van der Waals surface area contributed by atoms with Crippen LogP contribution in [-0.2, 0) is 0 Å². The van der Waals surface area contributed by atoms with E-state index in [0.29, 0.717) is 5.92 Å². The number of allylic oxidation sites excluding steroid dienone is 5. The predicted molar refractivity (Wildman–Crippen MR) is 81.6 cm³/mol. The number of hydrogen-bond acceptors (Lipinski definition) is 0. The van der Waals surface area contributed by atoms with Crippen LogP contribution in [0.15, 0.2) is 54.1 Å². The van der Waals surface area contributed by atoms with Gasteiger partial charge in [0.2, 0.25) is 0 Å². The first kappa shape index (κ1) is 12.1. The topological polar surface area (TPSA) is 0 Å². The third-order valence-electron chi connectivity index (χ3n) is 4.46. The maximum atomic E-state index is 5.65. The van der Waals surface area contributed by atoms with Crippen molar-refractivity contribution in [2.45, 2.75) is 25.7 Å². The lowest BCUT2D eigenvalue weighted by Gasteiger charge is -2.36. The van der Waals surface area contributed by atoms with Crippen LogP contribution in [0.2, 0.25) is 0 Å². The largest absolute Gasteiger partial charge is 0.120 e. The molecule has 0 nitrogen and oxygen atoms in total. The second kappa shape index (κ2) is 4.59. The van der Waals surface area contributed by atoms with E-state index in [4.69, 9.17) is 6.42 Å². The Morgan fingerprint density at radius 2 is 2.21 bits per heavy atom. The van der Waals surface area contributed by atoms with E-state index in [2.05, 4.69) is 67.5 Å². The molecule has 0 N–H and O–H groups in total. The zero-order valence-corrected chi connectivity index (χ0v) is 11.3. The highest BCUT2D eigenvalue weighted by Gasteiger charge is 2.38. The Labute approximate surface area is 115 Å². The van der Waals surface area contributed by atoms with Gasteiger partial charge in [-0.2, -0.15) is 0 Å². The van der Waals surface area contributed by atoms with Gasteiger partial charge >= 0.3 is 0 Å². The van der Waals surface area contributed by atoms with Crippen LogP contribution in [-0.4, -0.2) is 0 Å². The summed E-state index contributed by atoms with van der Waals surface area (Å²) in [6, 6.07) is 8.64. The normalized spacial score (nSPS) is 22.7. The summed E-state index contributed by atoms with van der Waals surface area (Å²) in [5.74, 6) is 3.28. The van der Waals surface area contributed by atoms with Crippen molar-refractivity contribution in [2.24, 2.45) is 5.41 Å². The van der Waals surface area contributed by atoms with E-state index >= 15 is 0 Å². The van der Waals surface area contributed by atoms with E-state index in [1.165, 1.54) is 16.7 Å². The summed E-state index contributed by atoms with van der Waals surface area (Å²) in [5.41, 5.74) is 4.23. The van der Waals surface area contributed by atoms with Gasteiger partial charge in [0.15, 0.2) is 0 Å². The van der Waals surface area contributed by atoms with Gasteiger partial charge in [-0.05, 0) is 17.5 Å². The van der Waals surface area contributed by atoms with E-state index in [-0.39, 0.29) is 5.41 Å². The summed E-state index contributed by atoms with van der Waals surface area (Å²) in [5, 5.41) is 0. The van der Waals surface area contributed by atoms with E-state index in [9.17, 15) is 0 Å². The first-order chi connectivity index (χ1) is 9.25. The first-order valence-corrected chi connectivity index (χ1v) is 6.82. The molecule has 0 fully saturated rings. The van der Waals surface area contributed by atoms with Crippen molar-refractivity contribution >= 4 is 6.08 Å². The molecule has 2 atom stereocenters. The van der Waals surface area contributed by atoms with Gasteiger partial charge in [-0.3, -0.25) is 0 Å². The van der Waals surface area contributed by atoms with E-state index in [0.717, 1.165) is 12.8 Å². The van der Waals surface area contributed by atoms with Crippen LogP contribution in [0.4, 0.5) is 0 Å². The number of rotatable bonds is 3. The predicted octanol–water partition coefficient (Wildman–Crippen LogP) is 4.71. The van der Waals surface area contributed by atoms with Crippen LogP contribution < -0.4 is 0 Å². The summed E-state index contributed by atoms with van der Waals surface area (Å²) in [6.07, 6.45) is 18.6. The van der Waals surface area contributed by atoms with Crippen molar-refractivity contribution in [3.8, 4) is 12.3 Å². The standard InChI is InChI=1S/C19H18/c1-3-14-19(2,16-9-5-6-10-16)18-13-12-15-8-4-7-11-17(15)18/h1,4-9,11-13,18H,10,14H2,2H3. The fourth-order valence-corrected chi connectivity index (χ4v) is 3.31. The van der Waals surface area contributed by atoms with Crippen molar-refractivity contribution in [3.05, 3.63) is 65.3 Å². The smallest absolute Gasteiger partial charge is 0.0186 e. The molecule has 0 amide bonds. The molecule has 2 aliphatic rings. The Bertz CT molecular complexity index is 622. The minimum absolute atomic E-state index is 0.0291. The number of benzene rings is 1. The van der Waals surface area contributed by atoms with Crippen LogP contribution in [0.1, 0.15) is 36.8 Å². The van der Waals surface area contributed by atoms with Crippen LogP contribution >= 0.6 is 0 Å². The molecular weight excluding hydrogens is 228 g/mol. The average molecular weight is 246 g/mol. The molecule has 0 radical (unpaired) electrons. The Hall–Kier alpha value is -2.00. The molecule has 1 aromatic rings. The number of hydrogen-bond donors (Lipinski definition) is 0. The van der Waals surface area contributed by atoms with Crippen molar-refractivity contribution in [1.29, 1.82) is 0 Å². The summed E-state index contributed by atoms with van der Waals surface area (Å²) in [6.45, 7) is 2.31. The lowest BCUT2D eigenvalue weighted by atomic mass is 9.67. The Kier molecular flexibility index (Phi) is 2.91. The summed E-state index contributed by atoms with van der Waals surface area (Å²) < 4.78 is 0. The average Bonchev–Trinajstić information content (AvgIpc) is 3.09. The Morgan fingerprint density at radius 1 is 1.37 bits per heavy atom. The fraction of sp³-hybridized carbons (Fsp3) is 0.263. The maximum Gasteiger partial charge on any atom is 0.0186 e. The SMILES string of the molecule is C#CCC(C)(C1=CC=CC1)C1C=Cc2ccccc21. The Balaban J connectivity index is 2.04. The zero-order valence-electron chi connectivity index (χ0n) is 11.3. The first-order valence-electron chi connectivity index (χ1n) is 6.82. The Morgan fingerprint density at radius 3 is 2.95 bits per heavy atom. The lowest BCUT2D eigenvalue weighted by Crippen LogP contribution is -2.25. The van der Waals surface area contributed by atoms with Crippen molar-refractivity contribution in [1.82, 2.24) is 0 Å². The molecule has 1 aromatic carbocycles. The molecule has 0 bridgehead atoms. The fourth-order valence-electron chi connectivity index (χ4n) is 3.31. The molecule has 2 aliphatic carbocycles. The highest BCUT2D eigenvalue weighted by Crippen LogP contribution is 2.50. The molecule has 0 aliphatic heterocycles. The van der Waals surface area contributed by atoms with E-state index < -0.39 is 0 Å². The summed E-state index contributed by atoms with van der Waals surface area (Å²) in [4.78, 5) is 0. The van der Waals surface area contributed by atoms with Gasteiger partial charge in [0.1, 0.15) is 0 Å². The van der Waals surface area contributed by atoms with Gasteiger partial charge in [-0.25, -0.2) is 0 Å². The maximum absolute atomic E-state index is 5.65. The quantitative estimate of drug-likeness (QED) is 0.677. The third-order valence-corrected chi connectivity index (χ3v) is 4.46. The third kappa shape index (κ3) is 1.87. The zero-order chi connectivity index (χ0) is 13.3. The van der Waals surface area contributed by atoms with E-state index in [1.807, 2.05) is 0 Å². The van der Waals surface area contributed by atoms with Crippen LogP contribution in [0.25, 0.3) is 6.08 Å². The van der Waals surface area contributed by atoms with Gasteiger partial charge in [-0.1, -0.05) is 67.1 Å². The van der Waals surface area contributed by atoms with Gasteiger partial charge in [-0.15, -0.1) is 12.3 Å². The van der Waals surface area contributed by atoms with Crippen molar-refractivity contribution in [2.75, 3.05) is 0 Å². The van der Waals surface area contributed by atoms with Crippen LogP contribution in [0, 0.1) is 17.8 Å². The number of fused-ring (bicyclic) bond motifs is 1. The molecule has 0 saturated heterocycles. The van der Waals surface area contributed by atoms with Crippen molar-refractivity contribution < 1.29 is 0 Å². The molecular formula is C19H18. The molecule has 2 unspecified atom stereocenters. The second-order valence-corrected chi connectivity index (χ2v) is 5.59. The van der Waals surface area contributed by atoms with Crippen LogP contribution in [0.3, 0.4) is 0 Å². The molecule has 3 rings (SSSR count). The molecule has 0 aromatic heterocycles. The molecule has 0 saturated carbocycles. The van der Waals surface area contributed by atoms with Gasteiger partial charge in [0.05, 0.1) is 0 Å². The van der Waals surface area contributed by atoms with E-state index in [1.54, 1.807) is 0 Å². The molecule has 0 spiro atoms. The second-order valence-electron chi connectivity index (χ2n) is 5.59.